The van der Waals surface area contributed by atoms with Crippen molar-refractivity contribution in [2.45, 2.75) is 31.2 Å². The van der Waals surface area contributed by atoms with Crippen LogP contribution in [0.15, 0.2) is 0 Å². The lowest BCUT2D eigenvalue weighted by molar-refractivity contribution is 0.204. The summed E-state index contributed by atoms with van der Waals surface area (Å²) in [7, 11) is 0. The Morgan fingerprint density at radius 2 is 2.38 bits per heavy atom. The molecule has 0 spiro atoms. The molecule has 2 fully saturated rings. The molecule has 2 unspecified atom stereocenters. The summed E-state index contributed by atoms with van der Waals surface area (Å²) in [5.41, 5.74) is 6.30. The smallest absolute Gasteiger partial charge is 0.0335 e. The van der Waals surface area contributed by atoms with E-state index < -0.39 is 0 Å². The summed E-state index contributed by atoms with van der Waals surface area (Å²) in [6.07, 6.45) is 5.27. The van der Waals surface area contributed by atoms with Crippen molar-refractivity contribution in [3.63, 3.8) is 0 Å². The van der Waals surface area contributed by atoms with Crippen LogP contribution in [-0.2, 0) is 0 Å². The van der Waals surface area contributed by atoms with Crippen molar-refractivity contribution in [3.05, 3.63) is 0 Å². The van der Waals surface area contributed by atoms with Crippen LogP contribution in [0.2, 0.25) is 0 Å². The maximum absolute atomic E-state index is 5.91. The van der Waals surface area contributed by atoms with Gasteiger partial charge in [0.2, 0.25) is 0 Å². The molecule has 2 N–H and O–H groups in total. The number of rotatable bonds is 3. The topological polar surface area (TPSA) is 29.3 Å². The van der Waals surface area contributed by atoms with Crippen LogP contribution >= 0.6 is 12.6 Å². The van der Waals surface area contributed by atoms with Crippen LogP contribution < -0.4 is 5.73 Å². The number of nitrogens with zero attached hydrogens (tertiary/aromatic N) is 1. The van der Waals surface area contributed by atoms with Crippen molar-refractivity contribution < 1.29 is 0 Å². The Morgan fingerprint density at radius 1 is 1.54 bits per heavy atom. The molecule has 0 saturated carbocycles. The molecule has 0 aromatic carbocycles. The van der Waals surface area contributed by atoms with Gasteiger partial charge < -0.3 is 5.73 Å². The zero-order valence-electron chi connectivity index (χ0n) is 8.21. The Bertz CT molecular complexity index is 186. The Hall–Kier alpha value is 0.270. The Balaban J connectivity index is 2.00. The van der Waals surface area contributed by atoms with Gasteiger partial charge in [-0.1, -0.05) is 0 Å². The van der Waals surface area contributed by atoms with Crippen LogP contribution in [0.25, 0.3) is 0 Å². The molecule has 76 valence electrons. The van der Waals surface area contributed by atoms with Crippen LogP contribution in [-0.4, -0.2) is 35.8 Å². The first kappa shape index (κ1) is 9.81. The third kappa shape index (κ3) is 1.62. The summed E-state index contributed by atoms with van der Waals surface area (Å²) < 4.78 is 0. The highest BCUT2D eigenvalue weighted by atomic mass is 32.1. The molecule has 0 radical (unpaired) electrons. The second kappa shape index (κ2) is 3.79. The third-order valence-electron chi connectivity index (χ3n) is 3.81. The molecule has 0 bridgehead atoms. The van der Waals surface area contributed by atoms with Gasteiger partial charge in [-0.25, -0.2) is 0 Å². The molecule has 0 amide bonds. The Labute approximate surface area is 86.3 Å². The summed E-state index contributed by atoms with van der Waals surface area (Å²) >= 11 is 4.31. The molecule has 2 aliphatic heterocycles. The van der Waals surface area contributed by atoms with Crippen LogP contribution in [0.4, 0.5) is 0 Å². The lowest BCUT2D eigenvalue weighted by Crippen LogP contribution is -2.44. The summed E-state index contributed by atoms with van der Waals surface area (Å²) in [4.78, 5) is 2.63. The highest BCUT2D eigenvalue weighted by Crippen LogP contribution is 2.41. The molecule has 13 heavy (non-hydrogen) atoms. The van der Waals surface area contributed by atoms with E-state index in [2.05, 4.69) is 17.5 Å². The number of nitrogens with two attached hydrogens (primary N) is 1. The minimum atomic E-state index is 0.396. The number of thiol groups is 1. The molecule has 2 saturated heterocycles. The molecule has 3 heteroatoms. The predicted octanol–water partition coefficient (Wildman–Crippen LogP) is 1.12. The summed E-state index contributed by atoms with van der Waals surface area (Å²) in [6.45, 7) is 3.41. The molecule has 2 heterocycles. The first-order valence-electron chi connectivity index (χ1n) is 5.37. The standard InChI is InChI=1S/C10H20N2S/c11-8-10-3-1-4-12(10)7-9(6-10)2-5-13/h9,13H,1-8,11H2. The van der Waals surface area contributed by atoms with Gasteiger partial charge >= 0.3 is 0 Å². The first-order chi connectivity index (χ1) is 6.30. The van der Waals surface area contributed by atoms with Gasteiger partial charge in [0.15, 0.2) is 0 Å². The van der Waals surface area contributed by atoms with E-state index in [4.69, 9.17) is 5.73 Å². The fraction of sp³-hybridized carbons (Fsp3) is 1.00. The number of hydrogen-bond donors (Lipinski definition) is 2. The van der Waals surface area contributed by atoms with E-state index in [9.17, 15) is 0 Å². The van der Waals surface area contributed by atoms with Crippen molar-refractivity contribution >= 4 is 12.6 Å². The quantitative estimate of drug-likeness (QED) is 0.669. The molecule has 2 atom stereocenters. The fourth-order valence-electron chi connectivity index (χ4n) is 3.11. The largest absolute Gasteiger partial charge is 0.329 e. The molecule has 0 aromatic rings. The van der Waals surface area contributed by atoms with Crippen molar-refractivity contribution in [2.24, 2.45) is 11.7 Å². The molecular formula is C10H20N2S. The van der Waals surface area contributed by atoms with Gasteiger partial charge in [0.05, 0.1) is 0 Å². The van der Waals surface area contributed by atoms with E-state index in [-0.39, 0.29) is 0 Å². The van der Waals surface area contributed by atoms with E-state index in [1.54, 1.807) is 0 Å². The summed E-state index contributed by atoms with van der Waals surface area (Å²) in [6, 6.07) is 0. The molecule has 2 nitrogen and oxygen atoms in total. The average molecular weight is 200 g/mol. The lowest BCUT2D eigenvalue weighted by atomic mass is 9.89. The summed E-state index contributed by atoms with van der Waals surface area (Å²) in [5.74, 6) is 1.89. The van der Waals surface area contributed by atoms with Gasteiger partial charge in [-0.05, 0) is 43.9 Å². The zero-order valence-corrected chi connectivity index (χ0v) is 9.10. The maximum Gasteiger partial charge on any atom is 0.0335 e. The SMILES string of the molecule is NCC12CCCN1CC(CCS)C2. The molecule has 2 aliphatic rings. The first-order valence-corrected chi connectivity index (χ1v) is 6.00. The van der Waals surface area contributed by atoms with E-state index in [1.807, 2.05) is 0 Å². The fourth-order valence-corrected chi connectivity index (χ4v) is 3.48. The molecule has 2 rings (SSSR count). The normalized spacial score (nSPS) is 39.7. The minimum absolute atomic E-state index is 0.396. The number of fused-ring (bicyclic) bond motifs is 1. The van der Waals surface area contributed by atoms with Crippen molar-refractivity contribution in [1.29, 1.82) is 0 Å². The van der Waals surface area contributed by atoms with Gasteiger partial charge in [-0.3, -0.25) is 4.90 Å². The third-order valence-corrected chi connectivity index (χ3v) is 4.06. The van der Waals surface area contributed by atoms with Gasteiger partial charge in [0.1, 0.15) is 0 Å². The van der Waals surface area contributed by atoms with Gasteiger partial charge in [-0.2, -0.15) is 12.6 Å². The Kier molecular flexibility index (Phi) is 2.86. The molecule has 0 aliphatic carbocycles. The zero-order chi connectivity index (χ0) is 9.31. The van der Waals surface area contributed by atoms with E-state index in [1.165, 1.54) is 38.8 Å². The second-order valence-corrected chi connectivity index (χ2v) is 5.01. The van der Waals surface area contributed by atoms with E-state index in [0.717, 1.165) is 18.2 Å². The van der Waals surface area contributed by atoms with Crippen molar-refractivity contribution in [2.75, 3.05) is 25.4 Å². The van der Waals surface area contributed by atoms with E-state index in [0.29, 0.717) is 5.54 Å². The monoisotopic (exact) mass is 200 g/mol. The maximum atomic E-state index is 5.91. The Morgan fingerprint density at radius 3 is 3.00 bits per heavy atom. The van der Waals surface area contributed by atoms with Gasteiger partial charge in [-0.15, -0.1) is 0 Å². The minimum Gasteiger partial charge on any atom is -0.329 e. The van der Waals surface area contributed by atoms with Crippen LogP contribution in [0.5, 0.6) is 0 Å². The highest BCUT2D eigenvalue weighted by Gasteiger charge is 2.46. The van der Waals surface area contributed by atoms with Crippen molar-refractivity contribution in [3.8, 4) is 0 Å². The predicted molar refractivity (Wildman–Crippen MR) is 59.2 cm³/mol. The van der Waals surface area contributed by atoms with Gasteiger partial charge in [0.25, 0.3) is 0 Å². The molecular weight excluding hydrogens is 180 g/mol. The van der Waals surface area contributed by atoms with E-state index >= 15 is 0 Å². The van der Waals surface area contributed by atoms with Gasteiger partial charge in [0, 0.05) is 18.6 Å². The van der Waals surface area contributed by atoms with Crippen LogP contribution in [0.3, 0.4) is 0 Å². The molecule has 0 aromatic heterocycles. The number of hydrogen-bond acceptors (Lipinski definition) is 3. The second-order valence-electron chi connectivity index (χ2n) is 4.56. The highest BCUT2D eigenvalue weighted by molar-refractivity contribution is 7.80. The average Bonchev–Trinajstić information content (AvgIpc) is 2.61. The summed E-state index contributed by atoms with van der Waals surface area (Å²) in [5, 5.41) is 0. The van der Waals surface area contributed by atoms with Crippen LogP contribution in [0.1, 0.15) is 25.7 Å². The van der Waals surface area contributed by atoms with Crippen molar-refractivity contribution in [1.82, 2.24) is 4.90 Å². The lowest BCUT2D eigenvalue weighted by Gasteiger charge is -2.30. The van der Waals surface area contributed by atoms with Crippen LogP contribution in [0, 0.1) is 5.92 Å².